The van der Waals surface area contributed by atoms with Gasteiger partial charge in [0, 0.05) is 10.8 Å². The molecule has 0 spiro atoms. The molecule has 0 saturated heterocycles. The van der Waals surface area contributed by atoms with Gasteiger partial charge in [-0.15, -0.1) is 0 Å². The first kappa shape index (κ1) is 14.0. The number of nitrogens with zero attached hydrogens (tertiary/aromatic N) is 1. The summed E-state index contributed by atoms with van der Waals surface area (Å²) < 4.78 is 16.6. The number of benzene rings is 1. The molecule has 0 bridgehead atoms. The summed E-state index contributed by atoms with van der Waals surface area (Å²) >= 11 is 1.60. The van der Waals surface area contributed by atoms with Crippen molar-refractivity contribution >= 4 is 11.9 Å². The van der Waals surface area contributed by atoms with Crippen LogP contribution in [0.5, 0.6) is 0 Å². The highest BCUT2D eigenvalue weighted by Gasteiger charge is 2.14. The normalized spacial score (nSPS) is 13.2. The van der Waals surface area contributed by atoms with Gasteiger partial charge < -0.3 is 0 Å². The predicted molar refractivity (Wildman–Crippen MR) is 70.0 cm³/mol. The van der Waals surface area contributed by atoms with Crippen molar-refractivity contribution in [3.8, 4) is 6.07 Å². The molecule has 0 saturated carbocycles. The number of hydrogen-bond acceptors (Lipinski definition) is 3. The van der Waals surface area contributed by atoms with E-state index in [4.69, 9.17) is 5.26 Å². The highest BCUT2D eigenvalue weighted by molar-refractivity contribution is 7.98. The third-order valence-corrected chi connectivity index (χ3v) is 3.17. The van der Waals surface area contributed by atoms with E-state index in [1.54, 1.807) is 18.0 Å². The van der Waals surface area contributed by atoms with Crippen LogP contribution in [0.25, 0.3) is 0 Å². The monoisotopic (exact) mass is 252 g/mol. The fraction of sp³-hybridized carbons (Fsp3) is 0.462. The van der Waals surface area contributed by atoms with Crippen molar-refractivity contribution in [2.75, 3.05) is 0 Å². The van der Waals surface area contributed by atoms with E-state index in [1.807, 2.05) is 13.0 Å². The Bertz CT molecular complexity index is 432. The molecule has 0 aliphatic heterocycles. The van der Waals surface area contributed by atoms with E-state index in [9.17, 15) is 4.39 Å². The Hall–Kier alpha value is -1.05. The van der Waals surface area contributed by atoms with Crippen LogP contribution in [-0.2, 0) is 0 Å². The summed E-state index contributed by atoms with van der Waals surface area (Å²) in [5.41, 5.74) is 1.15. The molecular weight excluding hydrogens is 235 g/mol. The molecule has 0 radical (unpaired) electrons. The van der Waals surface area contributed by atoms with Gasteiger partial charge in [-0.05, 0) is 51.5 Å². The lowest BCUT2D eigenvalue weighted by Gasteiger charge is -2.22. The average molecular weight is 252 g/mol. The van der Waals surface area contributed by atoms with Crippen molar-refractivity contribution in [2.24, 2.45) is 0 Å². The lowest BCUT2D eigenvalue weighted by atomic mass is 10.1. The quantitative estimate of drug-likeness (QED) is 0.831. The van der Waals surface area contributed by atoms with Crippen molar-refractivity contribution in [1.29, 1.82) is 5.26 Å². The number of rotatable bonds is 3. The molecule has 0 aromatic heterocycles. The predicted octanol–water partition coefficient (Wildman–Crippen LogP) is 3.79. The van der Waals surface area contributed by atoms with E-state index >= 15 is 0 Å². The minimum atomic E-state index is -0.367. The summed E-state index contributed by atoms with van der Waals surface area (Å²) in [5, 5.41) is 8.79. The summed E-state index contributed by atoms with van der Waals surface area (Å²) in [4.78, 5) is 0. The molecule has 0 aliphatic carbocycles. The molecule has 1 rings (SSSR count). The van der Waals surface area contributed by atoms with Crippen LogP contribution in [0, 0.1) is 17.1 Å². The van der Waals surface area contributed by atoms with Crippen LogP contribution < -0.4 is 4.72 Å². The molecule has 0 heterocycles. The number of nitriles is 1. The van der Waals surface area contributed by atoms with E-state index in [1.165, 1.54) is 12.1 Å². The Morgan fingerprint density at radius 1 is 1.35 bits per heavy atom. The average Bonchev–Trinajstić information content (AvgIpc) is 2.23. The van der Waals surface area contributed by atoms with Gasteiger partial charge in [0.05, 0.1) is 11.6 Å². The van der Waals surface area contributed by atoms with E-state index in [0.717, 1.165) is 5.56 Å². The molecule has 4 heteroatoms. The maximum atomic E-state index is 13.3. The van der Waals surface area contributed by atoms with Gasteiger partial charge in [0.1, 0.15) is 5.82 Å². The molecule has 0 unspecified atom stereocenters. The van der Waals surface area contributed by atoms with Gasteiger partial charge in [-0.1, -0.05) is 11.9 Å². The third-order valence-electron chi connectivity index (χ3n) is 2.09. The molecule has 1 aromatic carbocycles. The van der Waals surface area contributed by atoms with Gasteiger partial charge in [0.25, 0.3) is 0 Å². The summed E-state index contributed by atoms with van der Waals surface area (Å²) in [6, 6.07) is 6.38. The molecule has 1 aromatic rings. The molecule has 1 atom stereocenters. The second kappa shape index (κ2) is 5.52. The Morgan fingerprint density at radius 3 is 2.53 bits per heavy atom. The molecule has 0 aliphatic rings. The van der Waals surface area contributed by atoms with Crippen molar-refractivity contribution in [3.63, 3.8) is 0 Å². The Morgan fingerprint density at radius 2 is 2.00 bits per heavy atom. The Balaban J connectivity index is 2.79. The topological polar surface area (TPSA) is 35.8 Å². The lowest BCUT2D eigenvalue weighted by molar-refractivity contribution is 0.619. The molecule has 2 nitrogen and oxygen atoms in total. The van der Waals surface area contributed by atoms with E-state index in [-0.39, 0.29) is 16.6 Å². The first-order chi connectivity index (χ1) is 7.81. The van der Waals surface area contributed by atoms with Crippen LogP contribution in [0.4, 0.5) is 4.39 Å². The highest BCUT2D eigenvalue weighted by atomic mass is 32.2. The standard InChI is InChI=1S/C13H17FN2S/c1-9(16-17-13(2,3)4)11-5-10(8-15)6-12(14)7-11/h5-7,9,16H,1-4H3/t9-/m1/s1. The van der Waals surface area contributed by atoms with Gasteiger partial charge in [-0.3, -0.25) is 4.72 Å². The molecule has 17 heavy (non-hydrogen) atoms. The summed E-state index contributed by atoms with van der Waals surface area (Å²) in [6.07, 6.45) is 0. The van der Waals surface area contributed by atoms with Gasteiger partial charge in [0.15, 0.2) is 0 Å². The largest absolute Gasteiger partial charge is 0.256 e. The Kier molecular flexibility index (Phi) is 4.55. The maximum absolute atomic E-state index is 13.3. The minimum Gasteiger partial charge on any atom is -0.256 e. The van der Waals surface area contributed by atoms with E-state index in [2.05, 4.69) is 25.5 Å². The van der Waals surface area contributed by atoms with Crippen LogP contribution in [0.1, 0.15) is 44.9 Å². The lowest BCUT2D eigenvalue weighted by Crippen LogP contribution is -2.20. The van der Waals surface area contributed by atoms with Gasteiger partial charge in [-0.25, -0.2) is 4.39 Å². The number of nitrogens with one attached hydrogen (secondary N) is 1. The SMILES string of the molecule is C[C@@H](NSC(C)(C)C)c1cc(F)cc(C#N)c1. The van der Waals surface area contributed by atoms with Crippen molar-refractivity contribution in [3.05, 3.63) is 35.1 Å². The van der Waals surface area contributed by atoms with E-state index in [0.29, 0.717) is 5.56 Å². The van der Waals surface area contributed by atoms with Gasteiger partial charge in [-0.2, -0.15) is 5.26 Å². The maximum Gasteiger partial charge on any atom is 0.124 e. The fourth-order valence-electron chi connectivity index (χ4n) is 1.26. The zero-order chi connectivity index (χ0) is 13.1. The highest BCUT2D eigenvalue weighted by Crippen LogP contribution is 2.25. The third kappa shape index (κ3) is 4.76. The second-order valence-corrected chi connectivity index (χ2v) is 6.60. The number of halogens is 1. The molecule has 0 amide bonds. The number of hydrogen-bond donors (Lipinski definition) is 1. The molecule has 1 N–H and O–H groups in total. The van der Waals surface area contributed by atoms with Crippen molar-refractivity contribution in [2.45, 2.75) is 38.5 Å². The molecule has 0 fully saturated rings. The van der Waals surface area contributed by atoms with Crippen LogP contribution in [0.15, 0.2) is 18.2 Å². The second-order valence-electron chi connectivity index (χ2n) is 4.94. The fourth-order valence-corrected chi connectivity index (χ4v) is 1.93. The van der Waals surface area contributed by atoms with Crippen LogP contribution in [0.2, 0.25) is 0 Å². The zero-order valence-electron chi connectivity index (χ0n) is 10.5. The molecule has 92 valence electrons. The Labute approximate surface area is 106 Å². The first-order valence-electron chi connectivity index (χ1n) is 5.46. The minimum absolute atomic E-state index is 0.00188. The van der Waals surface area contributed by atoms with Crippen molar-refractivity contribution in [1.82, 2.24) is 4.72 Å². The van der Waals surface area contributed by atoms with Gasteiger partial charge in [0.2, 0.25) is 0 Å². The molecular formula is C13H17FN2S. The van der Waals surface area contributed by atoms with E-state index < -0.39 is 0 Å². The van der Waals surface area contributed by atoms with Crippen molar-refractivity contribution < 1.29 is 4.39 Å². The van der Waals surface area contributed by atoms with Crippen LogP contribution in [-0.4, -0.2) is 4.75 Å². The summed E-state index contributed by atoms with van der Waals surface area (Å²) in [6.45, 7) is 8.26. The summed E-state index contributed by atoms with van der Waals surface area (Å²) in [7, 11) is 0. The zero-order valence-corrected chi connectivity index (χ0v) is 11.4. The first-order valence-corrected chi connectivity index (χ1v) is 6.27. The van der Waals surface area contributed by atoms with Crippen LogP contribution >= 0.6 is 11.9 Å². The van der Waals surface area contributed by atoms with Gasteiger partial charge >= 0.3 is 0 Å². The smallest absolute Gasteiger partial charge is 0.124 e. The van der Waals surface area contributed by atoms with Crippen LogP contribution in [0.3, 0.4) is 0 Å². The summed E-state index contributed by atoms with van der Waals surface area (Å²) in [5.74, 6) is -0.367.